The summed E-state index contributed by atoms with van der Waals surface area (Å²) >= 11 is 0. The van der Waals surface area contributed by atoms with Crippen LogP contribution in [0.2, 0.25) is 0 Å². The first-order chi connectivity index (χ1) is 12.0. The molecule has 0 bridgehead atoms. The van der Waals surface area contributed by atoms with Gasteiger partial charge in [0.2, 0.25) is 0 Å². The van der Waals surface area contributed by atoms with Gasteiger partial charge in [0.25, 0.3) is 0 Å². The number of nitrogens with zero attached hydrogens (tertiary/aromatic N) is 1. The summed E-state index contributed by atoms with van der Waals surface area (Å²) in [6.45, 7) is 15.2. The van der Waals surface area contributed by atoms with E-state index in [2.05, 4.69) is 32.3 Å². The molecule has 0 radical (unpaired) electrons. The number of rotatable bonds is 9. The van der Waals surface area contributed by atoms with Crippen molar-refractivity contribution in [3.8, 4) is 0 Å². The van der Waals surface area contributed by atoms with E-state index in [1.165, 1.54) is 38.6 Å². The predicted octanol–water partition coefficient (Wildman–Crippen LogP) is 5.01. The van der Waals surface area contributed by atoms with E-state index in [1.54, 1.807) is 0 Å². The van der Waals surface area contributed by atoms with Crippen LogP contribution in [0.3, 0.4) is 0 Å². The molecule has 3 nitrogen and oxygen atoms in total. The highest BCUT2D eigenvalue weighted by Gasteiger charge is 2.46. The van der Waals surface area contributed by atoms with Crippen LogP contribution < -0.4 is 0 Å². The standard InChI is InChI=1S/C22H39NO2/c1-5-14-23(16-18-7-8-18)15-11-20-17-24-22(25-20)12-9-19(10-13-22)21(3,4)6-2/h5,18-20H,1,6-17H2,2-4H3. The van der Waals surface area contributed by atoms with Gasteiger partial charge in [0.1, 0.15) is 0 Å². The quantitative estimate of drug-likeness (QED) is 0.546. The summed E-state index contributed by atoms with van der Waals surface area (Å²) in [5.41, 5.74) is 0.452. The summed E-state index contributed by atoms with van der Waals surface area (Å²) in [4.78, 5) is 2.54. The molecule has 0 aromatic heterocycles. The molecule has 2 saturated carbocycles. The van der Waals surface area contributed by atoms with Gasteiger partial charge in [-0.25, -0.2) is 0 Å². The average molecular weight is 350 g/mol. The van der Waals surface area contributed by atoms with E-state index in [-0.39, 0.29) is 11.9 Å². The molecule has 1 unspecified atom stereocenters. The summed E-state index contributed by atoms with van der Waals surface area (Å²) in [6.07, 6.45) is 12.1. The molecule has 0 aromatic carbocycles. The topological polar surface area (TPSA) is 21.7 Å². The van der Waals surface area contributed by atoms with E-state index < -0.39 is 0 Å². The van der Waals surface area contributed by atoms with E-state index in [4.69, 9.17) is 9.47 Å². The molecule has 1 aliphatic heterocycles. The van der Waals surface area contributed by atoms with Gasteiger partial charge in [-0.05, 0) is 49.4 Å². The highest BCUT2D eigenvalue weighted by atomic mass is 16.7. The maximum atomic E-state index is 6.46. The number of hydrogen-bond acceptors (Lipinski definition) is 3. The normalized spacial score (nSPS) is 33.3. The van der Waals surface area contributed by atoms with Gasteiger partial charge >= 0.3 is 0 Å². The van der Waals surface area contributed by atoms with Crippen LogP contribution >= 0.6 is 0 Å². The molecular formula is C22H39NO2. The fraction of sp³-hybridized carbons (Fsp3) is 0.909. The third-order valence-corrected chi connectivity index (χ3v) is 7.05. The van der Waals surface area contributed by atoms with Crippen LogP contribution in [0.15, 0.2) is 12.7 Å². The fourth-order valence-electron chi connectivity index (χ4n) is 4.58. The van der Waals surface area contributed by atoms with Crippen LogP contribution in [0.5, 0.6) is 0 Å². The first kappa shape index (κ1) is 19.4. The van der Waals surface area contributed by atoms with Crippen molar-refractivity contribution in [2.24, 2.45) is 17.3 Å². The highest BCUT2D eigenvalue weighted by molar-refractivity contribution is 4.90. The molecule has 0 aromatic rings. The molecule has 3 heteroatoms. The second-order valence-corrected chi connectivity index (χ2v) is 9.36. The van der Waals surface area contributed by atoms with Crippen molar-refractivity contribution in [2.75, 3.05) is 26.2 Å². The Balaban J connectivity index is 1.43. The molecule has 3 aliphatic rings. The lowest BCUT2D eigenvalue weighted by atomic mass is 9.68. The summed E-state index contributed by atoms with van der Waals surface area (Å²) in [5, 5.41) is 0. The van der Waals surface area contributed by atoms with Crippen molar-refractivity contribution < 1.29 is 9.47 Å². The Morgan fingerprint density at radius 1 is 1.20 bits per heavy atom. The zero-order valence-electron chi connectivity index (χ0n) is 16.8. The van der Waals surface area contributed by atoms with E-state index in [9.17, 15) is 0 Å². The van der Waals surface area contributed by atoms with Crippen LogP contribution in [-0.4, -0.2) is 43.0 Å². The Kier molecular flexibility index (Phi) is 6.28. The Hall–Kier alpha value is -0.380. The molecule has 0 amide bonds. The lowest BCUT2D eigenvalue weighted by molar-refractivity contribution is -0.197. The first-order valence-corrected chi connectivity index (χ1v) is 10.6. The first-order valence-electron chi connectivity index (χ1n) is 10.6. The van der Waals surface area contributed by atoms with Crippen LogP contribution in [0.25, 0.3) is 0 Å². The van der Waals surface area contributed by atoms with Gasteiger partial charge in [0, 0.05) is 32.5 Å². The molecule has 0 N–H and O–H groups in total. The minimum atomic E-state index is -0.259. The van der Waals surface area contributed by atoms with E-state index in [0.717, 1.165) is 50.8 Å². The summed E-state index contributed by atoms with van der Waals surface area (Å²) in [5.74, 6) is 1.49. The van der Waals surface area contributed by atoms with Crippen LogP contribution in [-0.2, 0) is 9.47 Å². The second-order valence-electron chi connectivity index (χ2n) is 9.36. The van der Waals surface area contributed by atoms with Gasteiger partial charge in [-0.3, -0.25) is 4.90 Å². The van der Waals surface area contributed by atoms with Crippen molar-refractivity contribution in [1.29, 1.82) is 0 Å². The second kappa shape index (κ2) is 8.10. The van der Waals surface area contributed by atoms with Crippen molar-refractivity contribution in [2.45, 2.75) is 84.0 Å². The molecule has 144 valence electrons. The summed E-state index contributed by atoms with van der Waals surface area (Å²) in [6, 6.07) is 0. The SMILES string of the molecule is C=CCN(CCC1COC2(CCC(C(C)(C)CC)CC2)O1)CC1CC1. The maximum Gasteiger partial charge on any atom is 0.168 e. The number of hydrogen-bond donors (Lipinski definition) is 0. The van der Waals surface area contributed by atoms with Crippen molar-refractivity contribution >= 4 is 0 Å². The molecular weight excluding hydrogens is 310 g/mol. The Labute approximate surface area is 155 Å². The summed E-state index contributed by atoms with van der Waals surface area (Å²) < 4.78 is 12.7. The minimum absolute atomic E-state index is 0.259. The zero-order chi connectivity index (χ0) is 17.9. The maximum absolute atomic E-state index is 6.46. The lowest BCUT2D eigenvalue weighted by Gasteiger charge is -2.42. The molecule has 1 heterocycles. The van der Waals surface area contributed by atoms with Gasteiger partial charge in [-0.1, -0.05) is 33.3 Å². The van der Waals surface area contributed by atoms with Crippen LogP contribution in [0, 0.1) is 17.3 Å². The van der Waals surface area contributed by atoms with E-state index in [1.807, 2.05) is 6.08 Å². The van der Waals surface area contributed by atoms with Crippen molar-refractivity contribution in [3.05, 3.63) is 12.7 Å². The fourth-order valence-corrected chi connectivity index (χ4v) is 4.58. The Morgan fingerprint density at radius 3 is 2.52 bits per heavy atom. The summed E-state index contributed by atoms with van der Waals surface area (Å²) in [7, 11) is 0. The molecule has 3 fully saturated rings. The van der Waals surface area contributed by atoms with Gasteiger partial charge in [-0.15, -0.1) is 6.58 Å². The van der Waals surface area contributed by atoms with E-state index in [0.29, 0.717) is 5.41 Å². The van der Waals surface area contributed by atoms with Crippen LogP contribution in [0.4, 0.5) is 0 Å². The van der Waals surface area contributed by atoms with Gasteiger partial charge < -0.3 is 9.47 Å². The third-order valence-electron chi connectivity index (χ3n) is 7.05. The largest absolute Gasteiger partial charge is 0.347 e. The molecule has 1 spiro atoms. The van der Waals surface area contributed by atoms with E-state index >= 15 is 0 Å². The van der Waals surface area contributed by atoms with Crippen molar-refractivity contribution in [3.63, 3.8) is 0 Å². The average Bonchev–Trinajstić information content (AvgIpc) is 3.34. The number of ether oxygens (including phenoxy) is 2. The lowest BCUT2D eigenvalue weighted by Crippen LogP contribution is -2.39. The molecule has 25 heavy (non-hydrogen) atoms. The zero-order valence-corrected chi connectivity index (χ0v) is 16.8. The Bertz CT molecular complexity index is 435. The monoisotopic (exact) mass is 349 g/mol. The predicted molar refractivity (Wildman–Crippen MR) is 104 cm³/mol. The molecule has 3 rings (SSSR count). The van der Waals surface area contributed by atoms with Gasteiger partial charge in [0.15, 0.2) is 5.79 Å². The molecule has 1 atom stereocenters. The third kappa shape index (κ3) is 5.08. The van der Waals surface area contributed by atoms with Gasteiger partial charge in [-0.2, -0.15) is 0 Å². The molecule has 2 aliphatic carbocycles. The minimum Gasteiger partial charge on any atom is -0.347 e. The van der Waals surface area contributed by atoms with Crippen molar-refractivity contribution in [1.82, 2.24) is 4.90 Å². The van der Waals surface area contributed by atoms with Crippen LogP contribution in [0.1, 0.15) is 72.1 Å². The Morgan fingerprint density at radius 2 is 1.92 bits per heavy atom. The smallest absolute Gasteiger partial charge is 0.168 e. The van der Waals surface area contributed by atoms with Gasteiger partial charge in [0.05, 0.1) is 12.7 Å². The highest BCUT2D eigenvalue weighted by Crippen LogP contribution is 2.47. The molecule has 1 saturated heterocycles.